The maximum atomic E-state index is 15.3. The fourth-order valence-corrected chi connectivity index (χ4v) is 4.60. The number of nitrogens with zero attached hydrogens (tertiary/aromatic N) is 7. The highest BCUT2D eigenvalue weighted by Crippen LogP contribution is 2.32. The molecule has 4 aromatic heterocycles. The molecule has 0 spiro atoms. The Bertz CT molecular complexity index is 1700. The normalized spacial score (nSPS) is 12.0. The monoisotopic (exact) mass is 541 g/mol. The van der Waals surface area contributed by atoms with Crippen LogP contribution in [-0.4, -0.2) is 35.0 Å². The number of H-pyrrole nitrogens is 1. The number of imidazole rings is 1. The average Bonchev–Trinajstić information content (AvgIpc) is 3.68. The first-order valence-corrected chi connectivity index (χ1v) is 12.4. The molecule has 6 aromatic rings. The van der Waals surface area contributed by atoms with Crippen molar-refractivity contribution in [3.8, 4) is 28.1 Å². The van der Waals surface area contributed by atoms with E-state index in [1.807, 2.05) is 29.0 Å². The number of aromatic nitrogens is 8. The van der Waals surface area contributed by atoms with Crippen molar-refractivity contribution in [1.29, 1.82) is 0 Å². The number of halogens is 3. The lowest BCUT2D eigenvalue weighted by atomic mass is 10.00. The molecule has 8 nitrogen and oxygen atoms in total. The van der Waals surface area contributed by atoms with Crippen molar-refractivity contribution in [2.75, 3.05) is 0 Å². The van der Waals surface area contributed by atoms with E-state index in [1.165, 1.54) is 29.2 Å². The van der Waals surface area contributed by atoms with Crippen LogP contribution in [0, 0.1) is 11.6 Å². The van der Waals surface area contributed by atoms with Crippen LogP contribution in [0.25, 0.3) is 28.1 Å². The highest BCUT2D eigenvalue weighted by atomic mass is 35.5. The molecule has 0 aliphatic rings. The summed E-state index contributed by atoms with van der Waals surface area (Å²) in [6.07, 6.45) is 10.7. The molecule has 1 N–H and O–H groups in total. The molecule has 4 heterocycles. The van der Waals surface area contributed by atoms with Crippen LogP contribution in [0.1, 0.15) is 17.3 Å². The Kier molecular flexibility index (Phi) is 6.60. The molecule has 39 heavy (non-hydrogen) atoms. The topological polar surface area (TPSA) is 89.0 Å². The highest BCUT2D eigenvalue weighted by Gasteiger charge is 2.22. The van der Waals surface area contributed by atoms with Crippen molar-refractivity contribution in [3.63, 3.8) is 0 Å². The van der Waals surface area contributed by atoms with Gasteiger partial charge in [0, 0.05) is 35.9 Å². The number of hydrogen-bond donors (Lipinski definition) is 1. The Morgan fingerprint density at radius 3 is 2.46 bits per heavy atom. The zero-order chi connectivity index (χ0) is 26.8. The maximum absolute atomic E-state index is 15.3. The van der Waals surface area contributed by atoms with Crippen LogP contribution >= 0.6 is 11.6 Å². The van der Waals surface area contributed by atoms with E-state index in [2.05, 4.69) is 25.5 Å². The maximum Gasteiger partial charge on any atom is 0.293 e. The van der Waals surface area contributed by atoms with Gasteiger partial charge in [0.05, 0.1) is 34.3 Å². The quantitative estimate of drug-likeness (QED) is 0.282. The fraction of sp³-hybridized carbons (Fsp3) is 0.0714. The Morgan fingerprint density at radius 1 is 0.923 bits per heavy atom. The minimum Gasteiger partial charge on any atom is -0.327 e. The number of hydrogen-bond acceptors (Lipinski definition) is 5. The van der Waals surface area contributed by atoms with Crippen molar-refractivity contribution in [1.82, 2.24) is 35.0 Å². The summed E-state index contributed by atoms with van der Waals surface area (Å²) < 4.78 is 32.3. The average molecular weight is 542 g/mol. The number of pyridine rings is 2. The molecule has 0 aliphatic heterocycles. The van der Waals surface area contributed by atoms with Gasteiger partial charge in [-0.05, 0) is 54.4 Å². The molecular formula is C28H20ClF2N8+. The molecule has 0 fully saturated rings. The van der Waals surface area contributed by atoms with Crippen LogP contribution in [-0.2, 0) is 6.42 Å². The first-order chi connectivity index (χ1) is 19.1. The second kappa shape index (κ2) is 10.5. The van der Waals surface area contributed by atoms with E-state index in [9.17, 15) is 4.39 Å². The lowest BCUT2D eigenvalue weighted by molar-refractivity contribution is -0.659. The number of benzene rings is 2. The Morgan fingerprint density at radius 2 is 1.74 bits per heavy atom. The van der Waals surface area contributed by atoms with Crippen molar-refractivity contribution in [2.45, 2.75) is 12.5 Å². The number of tetrazole rings is 1. The van der Waals surface area contributed by atoms with Crippen LogP contribution in [0.5, 0.6) is 0 Å². The number of aromatic amines is 1. The van der Waals surface area contributed by atoms with E-state index in [0.717, 1.165) is 22.5 Å². The zero-order valence-electron chi connectivity index (χ0n) is 20.3. The number of nitrogens with one attached hydrogen (secondary N) is 1. The molecule has 0 aliphatic carbocycles. The summed E-state index contributed by atoms with van der Waals surface area (Å²) in [6, 6.07) is 16.7. The van der Waals surface area contributed by atoms with Gasteiger partial charge in [-0.2, -0.15) is 0 Å². The standard InChI is InChI=1S/C28H19ClF2N8/c29-22-6-8-25(39-17-35-36-37-39)27(28(22)31)20-3-7-23(33-14-20)26(13-18-1-4-21(30)5-2-18)38-15-24(34-16-38)19-9-11-32-12-10-19/h1-12,14-17,26H,13H2/p+1. The van der Waals surface area contributed by atoms with Gasteiger partial charge in [-0.3, -0.25) is 9.97 Å². The summed E-state index contributed by atoms with van der Waals surface area (Å²) in [5.41, 5.74) is 4.64. The zero-order valence-corrected chi connectivity index (χ0v) is 21.0. The minimum atomic E-state index is -0.578. The molecule has 0 bridgehead atoms. The molecule has 6 rings (SSSR count). The van der Waals surface area contributed by atoms with Gasteiger partial charge < -0.3 is 4.57 Å². The lowest BCUT2D eigenvalue weighted by Crippen LogP contribution is -2.33. The smallest absolute Gasteiger partial charge is 0.293 e. The predicted molar refractivity (Wildman–Crippen MR) is 140 cm³/mol. The van der Waals surface area contributed by atoms with E-state index < -0.39 is 5.82 Å². The van der Waals surface area contributed by atoms with E-state index in [1.54, 1.807) is 49.2 Å². The summed E-state index contributed by atoms with van der Waals surface area (Å²) >= 11 is 6.13. The van der Waals surface area contributed by atoms with Gasteiger partial charge in [0.25, 0.3) is 6.33 Å². The van der Waals surface area contributed by atoms with Crippen LogP contribution in [0.3, 0.4) is 0 Å². The highest BCUT2D eigenvalue weighted by molar-refractivity contribution is 6.31. The van der Waals surface area contributed by atoms with E-state index in [0.29, 0.717) is 17.7 Å². The van der Waals surface area contributed by atoms with Gasteiger partial charge in [-0.25, -0.2) is 13.8 Å². The van der Waals surface area contributed by atoms with Crippen molar-refractivity contribution < 1.29 is 13.5 Å². The molecule has 0 saturated heterocycles. The third kappa shape index (κ3) is 5.01. The molecule has 11 heteroatoms. The SMILES string of the molecule is Fc1ccc(CC(c2ccc(-c3c(-[n+]4cnn[nH]4)ccc(Cl)c3F)cn2)n2cnc(-c3ccncc3)c2)cc1. The third-order valence-electron chi connectivity index (χ3n) is 6.41. The van der Waals surface area contributed by atoms with Crippen LogP contribution < -0.4 is 4.68 Å². The van der Waals surface area contributed by atoms with E-state index in [4.69, 9.17) is 16.6 Å². The Labute approximate surface area is 226 Å². The fourth-order valence-electron chi connectivity index (χ4n) is 4.44. The van der Waals surface area contributed by atoms with Crippen LogP contribution in [0.2, 0.25) is 5.02 Å². The summed E-state index contributed by atoms with van der Waals surface area (Å²) in [5, 5.41) is 10.2. The van der Waals surface area contributed by atoms with Gasteiger partial charge >= 0.3 is 0 Å². The van der Waals surface area contributed by atoms with Crippen molar-refractivity contribution in [3.05, 3.63) is 126 Å². The summed E-state index contributed by atoms with van der Waals surface area (Å²) in [7, 11) is 0. The Balaban J connectivity index is 1.40. The third-order valence-corrected chi connectivity index (χ3v) is 6.70. The van der Waals surface area contributed by atoms with Gasteiger partial charge in [0.1, 0.15) is 16.6 Å². The van der Waals surface area contributed by atoms with Crippen LogP contribution in [0.4, 0.5) is 8.78 Å². The molecule has 0 amide bonds. The molecule has 0 radical (unpaired) electrons. The lowest BCUT2D eigenvalue weighted by Gasteiger charge is -2.19. The van der Waals surface area contributed by atoms with Crippen LogP contribution in [0.15, 0.2) is 98.1 Å². The van der Waals surface area contributed by atoms with Crippen molar-refractivity contribution in [2.24, 2.45) is 0 Å². The molecular weight excluding hydrogens is 522 g/mol. The van der Waals surface area contributed by atoms with Crippen molar-refractivity contribution >= 4 is 11.6 Å². The second-order valence-corrected chi connectivity index (χ2v) is 9.22. The Hall–Kier alpha value is -4.83. The number of rotatable bonds is 7. The predicted octanol–water partition coefficient (Wildman–Crippen LogP) is 5.17. The van der Waals surface area contributed by atoms with Gasteiger partial charge in [0.15, 0.2) is 11.0 Å². The summed E-state index contributed by atoms with van der Waals surface area (Å²) in [5.74, 6) is -0.879. The van der Waals surface area contributed by atoms with E-state index >= 15 is 4.39 Å². The van der Waals surface area contributed by atoms with Gasteiger partial charge in [-0.15, -0.1) is 4.68 Å². The summed E-state index contributed by atoms with van der Waals surface area (Å²) in [6.45, 7) is 0. The molecule has 1 atom stereocenters. The van der Waals surface area contributed by atoms with E-state index in [-0.39, 0.29) is 22.4 Å². The molecule has 192 valence electrons. The molecule has 1 unspecified atom stereocenters. The minimum absolute atomic E-state index is 0.0119. The van der Waals surface area contributed by atoms with Gasteiger partial charge in [0.2, 0.25) is 0 Å². The largest absolute Gasteiger partial charge is 0.327 e. The second-order valence-electron chi connectivity index (χ2n) is 8.82. The first kappa shape index (κ1) is 24.5. The summed E-state index contributed by atoms with van der Waals surface area (Å²) in [4.78, 5) is 13.4. The van der Waals surface area contributed by atoms with Gasteiger partial charge in [-0.1, -0.05) is 35.0 Å². The molecule has 2 aromatic carbocycles. The molecule has 0 saturated carbocycles. The first-order valence-electron chi connectivity index (χ1n) is 12.0.